The Bertz CT molecular complexity index is 607. The molecule has 0 aliphatic rings. The average Bonchev–Trinajstić information content (AvgIpc) is 2.21. The van der Waals surface area contributed by atoms with Crippen LogP contribution in [0.15, 0.2) is 18.2 Å². The number of nitriles is 1. The van der Waals surface area contributed by atoms with Crippen molar-refractivity contribution in [2.45, 2.75) is 6.42 Å². The number of halogens is 1. The number of rotatable bonds is 4. The van der Waals surface area contributed by atoms with E-state index in [2.05, 4.69) is 10.0 Å². The van der Waals surface area contributed by atoms with Crippen LogP contribution >= 0.6 is 0 Å². The Hall–Kier alpha value is -2.14. The summed E-state index contributed by atoms with van der Waals surface area (Å²) in [6.07, 6.45) is 0.535. The molecule has 1 aromatic carbocycles. The van der Waals surface area contributed by atoms with Crippen LogP contribution in [-0.4, -0.2) is 20.6 Å². The molecule has 0 fully saturated rings. The largest absolute Gasteiger partial charge is 0.323 e. The molecule has 0 unspecified atom stereocenters. The molecule has 0 aliphatic carbocycles. The standard InChI is InChI=1S/C10H10FN3O3S/c1-18(16,17)14-7-2-3-8(11)9(6-7)13-10(15)4-5-12/h2-3,6,14H,4H2,1H3,(H,13,15). The van der Waals surface area contributed by atoms with E-state index in [1.807, 2.05) is 0 Å². The number of anilines is 2. The van der Waals surface area contributed by atoms with E-state index in [4.69, 9.17) is 5.26 Å². The molecule has 0 saturated heterocycles. The van der Waals surface area contributed by atoms with Gasteiger partial charge in [0.25, 0.3) is 0 Å². The summed E-state index contributed by atoms with van der Waals surface area (Å²) >= 11 is 0. The van der Waals surface area contributed by atoms with Gasteiger partial charge in [0.05, 0.1) is 23.7 Å². The molecular formula is C10H10FN3O3S. The molecule has 0 atom stereocenters. The van der Waals surface area contributed by atoms with E-state index in [0.29, 0.717) is 0 Å². The summed E-state index contributed by atoms with van der Waals surface area (Å²) < 4.78 is 37.4. The maximum absolute atomic E-state index is 13.3. The predicted octanol–water partition coefficient (Wildman–Crippen LogP) is 1.05. The van der Waals surface area contributed by atoms with Crippen LogP contribution in [0.5, 0.6) is 0 Å². The van der Waals surface area contributed by atoms with Crippen molar-refractivity contribution < 1.29 is 17.6 Å². The highest BCUT2D eigenvalue weighted by molar-refractivity contribution is 7.92. The molecule has 0 saturated carbocycles. The van der Waals surface area contributed by atoms with Gasteiger partial charge >= 0.3 is 0 Å². The Morgan fingerprint density at radius 1 is 1.50 bits per heavy atom. The first kappa shape index (κ1) is 13.9. The van der Waals surface area contributed by atoms with Crippen LogP contribution in [0.1, 0.15) is 6.42 Å². The number of amides is 1. The summed E-state index contributed by atoms with van der Waals surface area (Å²) in [4.78, 5) is 11.1. The fourth-order valence-corrected chi connectivity index (χ4v) is 1.72. The minimum Gasteiger partial charge on any atom is -0.323 e. The molecule has 1 rings (SSSR count). The molecule has 2 N–H and O–H groups in total. The molecule has 6 nitrogen and oxygen atoms in total. The highest BCUT2D eigenvalue weighted by Crippen LogP contribution is 2.20. The quantitative estimate of drug-likeness (QED) is 0.854. The highest BCUT2D eigenvalue weighted by atomic mass is 32.2. The number of hydrogen-bond donors (Lipinski definition) is 2. The van der Waals surface area contributed by atoms with Crippen molar-refractivity contribution in [3.8, 4) is 6.07 Å². The topological polar surface area (TPSA) is 99.1 Å². The Balaban J connectivity index is 2.95. The third-order valence-corrected chi connectivity index (χ3v) is 2.39. The van der Waals surface area contributed by atoms with E-state index in [0.717, 1.165) is 18.4 Å². The first-order valence-electron chi connectivity index (χ1n) is 4.76. The van der Waals surface area contributed by atoms with Gasteiger partial charge in [-0.05, 0) is 18.2 Å². The van der Waals surface area contributed by atoms with Gasteiger partial charge in [-0.1, -0.05) is 0 Å². The number of nitrogens with zero attached hydrogens (tertiary/aromatic N) is 1. The Labute approximate surface area is 103 Å². The van der Waals surface area contributed by atoms with Gasteiger partial charge in [-0.2, -0.15) is 5.26 Å². The number of carbonyl (C=O) groups excluding carboxylic acids is 1. The molecule has 1 aromatic rings. The van der Waals surface area contributed by atoms with Gasteiger partial charge in [0.2, 0.25) is 15.9 Å². The summed E-state index contributed by atoms with van der Waals surface area (Å²) in [7, 11) is -3.48. The van der Waals surface area contributed by atoms with Crippen LogP contribution in [0, 0.1) is 17.1 Å². The monoisotopic (exact) mass is 271 g/mol. The number of nitrogens with one attached hydrogen (secondary N) is 2. The Morgan fingerprint density at radius 3 is 2.72 bits per heavy atom. The van der Waals surface area contributed by atoms with Gasteiger partial charge in [-0.15, -0.1) is 0 Å². The molecule has 0 radical (unpaired) electrons. The van der Waals surface area contributed by atoms with Gasteiger partial charge in [-0.3, -0.25) is 9.52 Å². The maximum atomic E-state index is 13.3. The first-order valence-corrected chi connectivity index (χ1v) is 6.65. The third kappa shape index (κ3) is 4.39. The molecule has 8 heteroatoms. The lowest BCUT2D eigenvalue weighted by molar-refractivity contribution is -0.115. The summed E-state index contributed by atoms with van der Waals surface area (Å²) in [5.74, 6) is -1.40. The van der Waals surface area contributed by atoms with Crippen molar-refractivity contribution in [3.05, 3.63) is 24.0 Å². The Kier molecular flexibility index (Phi) is 4.23. The zero-order valence-corrected chi connectivity index (χ0v) is 10.2. The van der Waals surface area contributed by atoms with Crippen LogP contribution < -0.4 is 10.0 Å². The van der Waals surface area contributed by atoms with Crippen LogP contribution in [-0.2, 0) is 14.8 Å². The molecule has 0 spiro atoms. The molecule has 1 amide bonds. The van der Waals surface area contributed by atoms with Crippen molar-refractivity contribution in [1.29, 1.82) is 5.26 Å². The number of hydrogen-bond acceptors (Lipinski definition) is 4. The highest BCUT2D eigenvalue weighted by Gasteiger charge is 2.09. The number of benzene rings is 1. The molecule has 0 heterocycles. The van der Waals surface area contributed by atoms with Gasteiger partial charge in [0.15, 0.2) is 0 Å². The normalized spacial score (nSPS) is 10.5. The summed E-state index contributed by atoms with van der Waals surface area (Å²) in [6, 6.07) is 4.97. The zero-order chi connectivity index (χ0) is 13.8. The molecule has 0 aromatic heterocycles. The lowest BCUT2D eigenvalue weighted by Crippen LogP contribution is -2.13. The van der Waals surface area contributed by atoms with E-state index >= 15 is 0 Å². The van der Waals surface area contributed by atoms with E-state index in [1.54, 1.807) is 6.07 Å². The van der Waals surface area contributed by atoms with Gasteiger partial charge < -0.3 is 5.32 Å². The van der Waals surface area contributed by atoms with Crippen LogP contribution in [0.4, 0.5) is 15.8 Å². The Morgan fingerprint density at radius 2 is 2.17 bits per heavy atom. The van der Waals surface area contributed by atoms with E-state index in [-0.39, 0.29) is 11.4 Å². The summed E-state index contributed by atoms with van der Waals surface area (Å²) in [5.41, 5.74) is -0.0740. The zero-order valence-electron chi connectivity index (χ0n) is 9.40. The second-order valence-electron chi connectivity index (χ2n) is 3.45. The predicted molar refractivity (Wildman–Crippen MR) is 63.7 cm³/mol. The molecule has 0 bridgehead atoms. The minimum absolute atomic E-state index is 0.117. The second-order valence-corrected chi connectivity index (χ2v) is 5.20. The van der Waals surface area contributed by atoms with Gasteiger partial charge in [-0.25, -0.2) is 12.8 Å². The lowest BCUT2D eigenvalue weighted by atomic mass is 10.2. The van der Waals surface area contributed by atoms with Crippen molar-refractivity contribution in [1.82, 2.24) is 0 Å². The van der Waals surface area contributed by atoms with E-state index < -0.39 is 28.2 Å². The smallest absolute Gasteiger partial charge is 0.238 e. The SMILES string of the molecule is CS(=O)(=O)Nc1ccc(F)c(NC(=O)CC#N)c1. The van der Waals surface area contributed by atoms with Crippen molar-refractivity contribution in [2.75, 3.05) is 16.3 Å². The van der Waals surface area contributed by atoms with Crippen molar-refractivity contribution in [3.63, 3.8) is 0 Å². The van der Waals surface area contributed by atoms with Crippen molar-refractivity contribution >= 4 is 27.3 Å². The van der Waals surface area contributed by atoms with Crippen LogP contribution in [0.2, 0.25) is 0 Å². The van der Waals surface area contributed by atoms with Crippen LogP contribution in [0.25, 0.3) is 0 Å². The lowest BCUT2D eigenvalue weighted by Gasteiger charge is -2.08. The molecular weight excluding hydrogens is 261 g/mol. The van der Waals surface area contributed by atoms with E-state index in [9.17, 15) is 17.6 Å². The number of sulfonamides is 1. The first-order chi connectivity index (χ1) is 8.31. The van der Waals surface area contributed by atoms with Crippen molar-refractivity contribution in [2.24, 2.45) is 0 Å². The fourth-order valence-electron chi connectivity index (χ4n) is 1.16. The maximum Gasteiger partial charge on any atom is 0.238 e. The van der Waals surface area contributed by atoms with Gasteiger partial charge in [0, 0.05) is 0 Å². The minimum atomic E-state index is -3.48. The van der Waals surface area contributed by atoms with Gasteiger partial charge in [0.1, 0.15) is 12.2 Å². The molecule has 96 valence electrons. The van der Waals surface area contributed by atoms with E-state index in [1.165, 1.54) is 6.07 Å². The molecule has 18 heavy (non-hydrogen) atoms. The van der Waals surface area contributed by atoms with Crippen LogP contribution in [0.3, 0.4) is 0 Å². The average molecular weight is 271 g/mol. The summed E-state index contributed by atoms with van der Waals surface area (Å²) in [5, 5.41) is 10.5. The molecule has 0 aliphatic heterocycles. The number of carbonyl (C=O) groups is 1. The second kappa shape index (κ2) is 5.46. The summed E-state index contributed by atoms with van der Waals surface area (Å²) in [6.45, 7) is 0. The fraction of sp³-hybridized carbons (Fsp3) is 0.200. The third-order valence-electron chi connectivity index (χ3n) is 1.78.